The van der Waals surface area contributed by atoms with Crippen LogP contribution in [0.5, 0.6) is 0 Å². The van der Waals surface area contributed by atoms with Crippen molar-refractivity contribution in [1.29, 1.82) is 0 Å². The first-order valence-corrected chi connectivity index (χ1v) is 7.97. The summed E-state index contributed by atoms with van der Waals surface area (Å²) in [7, 11) is 0. The highest BCUT2D eigenvalue weighted by Gasteiger charge is 2.18. The molecule has 0 atom stereocenters. The van der Waals surface area contributed by atoms with Crippen LogP contribution in [0.15, 0.2) is 24.3 Å². The van der Waals surface area contributed by atoms with E-state index >= 15 is 0 Å². The monoisotopic (exact) mass is 284 g/mol. The summed E-state index contributed by atoms with van der Waals surface area (Å²) in [6, 6.07) is 8.97. The second kappa shape index (κ2) is 6.15. The molecule has 0 saturated heterocycles. The summed E-state index contributed by atoms with van der Waals surface area (Å²) in [4.78, 5) is 4.89. The molecule has 1 heterocycles. The Balaban J connectivity index is 2.62. The number of nitrogens with zero attached hydrogens (tertiary/aromatic N) is 1. The van der Waals surface area contributed by atoms with E-state index < -0.39 is 0 Å². The van der Waals surface area contributed by atoms with Gasteiger partial charge in [0.25, 0.3) is 0 Å². The highest BCUT2D eigenvalue weighted by Crippen LogP contribution is 2.28. The van der Waals surface area contributed by atoms with E-state index in [1.165, 1.54) is 22.2 Å². The maximum atomic E-state index is 4.89. The maximum Gasteiger partial charge on any atom is 0.0709 e. The predicted molar refractivity (Wildman–Crippen MR) is 91.9 cm³/mol. The fraction of sp³-hybridized carbons (Fsp3) is 0.526. The smallest absolute Gasteiger partial charge is 0.0709 e. The zero-order valence-electron chi connectivity index (χ0n) is 14.2. The summed E-state index contributed by atoms with van der Waals surface area (Å²) < 4.78 is 0. The molecule has 0 unspecified atom stereocenters. The van der Waals surface area contributed by atoms with E-state index in [1.807, 2.05) is 0 Å². The van der Waals surface area contributed by atoms with Gasteiger partial charge in [-0.2, -0.15) is 0 Å². The summed E-state index contributed by atoms with van der Waals surface area (Å²) in [5.74, 6) is 0.545. The van der Waals surface area contributed by atoms with E-state index in [2.05, 4.69) is 71.1 Å². The molecular weight excluding hydrogens is 256 g/mol. The van der Waals surface area contributed by atoms with Gasteiger partial charge in [-0.15, -0.1) is 0 Å². The van der Waals surface area contributed by atoms with Crippen molar-refractivity contribution in [2.24, 2.45) is 0 Å². The first-order chi connectivity index (χ1) is 9.82. The number of hydrogen-bond donors (Lipinski definition) is 1. The van der Waals surface area contributed by atoms with Gasteiger partial charge in [0.1, 0.15) is 0 Å². The molecule has 0 saturated carbocycles. The molecule has 2 nitrogen and oxygen atoms in total. The molecule has 1 N–H and O–H groups in total. The molecule has 0 aliphatic heterocycles. The number of fused-ring (bicyclic) bond motifs is 1. The van der Waals surface area contributed by atoms with E-state index in [-0.39, 0.29) is 5.41 Å². The maximum absolute atomic E-state index is 4.89. The van der Waals surface area contributed by atoms with Crippen LogP contribution in [0.1, 0.15) is 64.3 Å². The van der Waals surface area contributed by atoms with E-state index in [4.69, 9.17) is 4.98 Å². The first kappa shape index (κ1) is 16.0. The van der Waals surface area contributed by atoms with Gasteiger partial charge in [-0.3, -0.25) is 4.98 Å². The van der Waals surface area contributed by atoms with Gasteiger partial charge in [-0.25, -0.2) is 0 Å². The average molecular weight is 284 g/mol. The SMILES string of the molecule is CCNCc1cc(C(C)(C)C)nc2ccc(C(C)C)cc12. The number of pyridine rings is 1. The van der Waals surface area contributed by atoms with Gasteiger partial charge in [0, 0.05) is 23.0 Å². The molecule has 2 aromatic rings. The van der Waals surface area contributed by atoms with Crippen molar-refractivity contribution < 1.29 is 0 Å². The summed E-state index contributed by atoms with van der Waals surface area (Å²) in [6.45, 7) is 15.2. The second-order valence-corrected chi connectivity index (χ2v) is 7.13. The molecule has 0 aliphatic carbocycles. The highest BCUT2D eigenvalue weighted by molar-refractivity contribution is 5.83. The lowest BCUT2D eigenvalue weighted by Gasteiger charge is -2.21. The molecule has 2 rings (SSSR count). The number of aromatic nitrogens is 1. The predicted octanol–water partition coefficient (Wildman–Crippen LogP) is 4.77. The third kappa shape index (κ3) is 3.62. The lowest BCUT2D eigenvalue weighted by molar-refractivity contribution is 0.569. The Labute approximate surface area is 129 Å². The Morgan fingerprint density at radius 2 is 1.86 bits per heavy atom. The van der Waals surface area contributed by atoms with Gasteiger partial charge in [0.05, 0.1) is 5.52 Å². The molecule has 1 aromatic heterocycles. The number of rotatable bonds is 4. The summed E-state index contributed by atoms with van der Waals surface area (Å²) in [5, 5.41) is 4.74. The highest BCUT2D eigenvalue weighted by atomic mass is 14.8. The third-order valence-electron chi connectivity index (χ3n) is 3.92. The molecule has 114 valence electrons. The Kier molecular flexibility index (Phi) is 4.67. The van der Waals surface area contributed by atoms with Crippen molar-refractivity contribution in [2.45, 2.75) is 59.4 Å². The normalized spacial score (nSPS) is 12.3. The van der Waals surface area contributed by atoms with Crippen molar-refractivity contribution >= 4 is 10.9 Å². The van der Waals surface area contributed by atoms with Crippen LogP contribution in [0.2, 0.25) is 0 Å². The van der Waals surface area contributed by atoms with Gasteiger partial charge in [0.15, 0.2) is 0 Å². The average Bonchev–Trinajstić information content (AvgIpc) is 2.42. The summed E-state index contributed by atoms with van der Waals surface area (Å²) in [6.07, 6.45) is 0. The summed E-state index contributed by atoms with van der Waals surface area (Å²) >= 11 is 0. The van der Waals surface area contributed by atoms with Gasteiger partial charge in [-0.1, -0.05) is 47.6 Å². The topological polar surface area (TPSA) is 24.9 Å². The molecule has 1 aromatic carbocycles. The lowest BCUT2D eigenvalue weighted by Crippen LogP contribution is -2.17. The van der Waals surface area contributed by atoms with E-state index in [0.717, 1.165) is 18.6 Å². The van der Waals surface area contributed by atoms with Crippen molar-refractivity contribution in [3.8, 4) is 0 Å². The molecule has 2 heteroatoms. The zero-order valence-corrected chi connectivity index (χ0v) is 14.2. The van der Waals surface area contributed by atoms with Crippen molar-refractivity contribution in [3.63, 3.8) is 0 Å². The minimum Gasteiger partial charge on any atom is -0.313 e. The quantitative estimate of drug-likeness (QED) is 0.875. The number of nitrogens with one attached hydrogen (secondary N) is 1. The van der Waals surface area contributed by atoms with Gasteiger partial charge in [-0.05, 0) is 41.8 Å². The lowest BCUT2D eigenvalue weighted by atomic mass is 9.89. The fourth-order valence-corrected chi connectivity index (χ4v) is 2.46. The van der Waals surface area contributed by atoms with Gasteiger partial charge < -0.3 is 5.32 Å². The van der Waals surface area contributed by atoms with Gasteiger partial charge in [0.2, 0.25) is 0 Å². The number of benzene rings is 1. The first-order valence-electron chi connectivity index (χ1n) is 7.97. The minimum absolute atomic E-state index is 0.0753. The van der Waals surface area contributed by atoms with Crippen LogP contribution in [0.4, 0.5) is 0 Å². The van der Waals surface area contributed by atoms with E-state index in [1.54, 1.807) is 0 Å². The zero-order chi connectivity index (χ0) is 15.6. The molecule has 0 spiro atoms. The number of hydrogen-bond acceptors (Lipinski definition) is 2. The van der Waals surface area contributed by atoms with Crippen LogP contribution in [-0.2, 0) is 12.0 Å². The van der Waals surface area contributed by atoms with Crippen LogP contribution in [0, 0.1) is 0 Å². The second-order valence-electron chi connectivity index (χ2n) is 7.13. The van der Waals surface area contributed by atoms with Crippen LogP contribution in [-0.4, -0.2) is 11.5 Å². The summed E-state index contributed by atoms with van der Waals surface area (Å²) in [5.41, 5.74) is 5.09. The Hall–Kier alpha value is -1.41. The van der Waals surface area contributed by atoms with Crippen LogP contribution >= 0.6 is 0 Å². The Morgan fingerprint density at radius 1 is 1.14 bits per heavy atom. The molecule has 0 radical (unpaired) electrons. The third-order valence-corrected chi connectivity index (χ3v) is 3.92. The molecule has 0 amide bonds. The Morgan fingerprint density at radius 3 is 2.43 bits per heavy atom. The molecule has 0 fully saturated rings. The van der Waals surface area contributed by atoms with Crippen molar-refractivity contribution in [1.82, 2.24) is 10.3 Å². The van der Waals surface area contributed by atoms with Crippen LogP contribution in [0.3, 0.4) is 0 Å². The van der Waals surface area contributed by atoms with Crippen LogP contribution in [0.25, 0.3) is 10.9 Å². The van der Waals surface area contributed by atoms with Crippen molar-refractivity contribution in [2.75, 3.05) is 6.54 Å². The van der Waals surface area contributed by atoms with E-state index in [0.29, 0.717) is 5.92 Å². The Bertz CT molecular complexity index is 621. The fourth-order valence-electron chi connectivity index (χ4n) is 2.46. The minimum atomic E-state index is 0.0753. The largest absolute Gasteiger partial charge is 0.313 e. The molecule has 0 bridgehead atoms. The standard InChI is InChI=1S/C19H28N2/c1-7-20-12-15-11-18(19(4,5)6)21-17-9-8-14(13(2)3)10-16(15)17/h8-11,13,20H,7,12H2,1-6H3. The van der Waals surface area contributed by atoms with Crippen LogP contribution < -0.4 is 5.32 Å². The van der Waals surface area contributed by atoms with Crippen molar-refractivity contribution in [3.05, 3.63) is 41.1 Å². The van der Waals surface area contributed by atoms with Gasteiger partial charge >= 0.3 is 0 Å². The molecular formula is C19H28N2. The molecule has 21 heavy (non-hydrogen) atoms. The molecule has 0 aliphatic rings. The van der Waals surface area contributed by atoms with E-state index in [9.17, 15) is 0 Å².